The quantitative estimate of drug-likeness (QED) is 0.606. The highest BCUT2D eigenvalue weighted by molar-refractivity contribution is 6.31. The van der Waals surface area contributed by atoms with Crippen LogP contribution in [0.2, 0.25) is 5.02 Å². The fourth-order valence-electron chi connectivity index (χ4n) is 5.07. The molecule has 0 aromatic heterocycles. The second-order valence-electron chi connectivity index (χ2n) is 9.24. The topological polar surface area (TPSA) is 79.6 Å². The molecule has 1 atom stereocenters. The predicted octanol–water partition coefficient (Wildman–Crippen LogP) is 4.98. The van der Waals surface area contributed by atoms with E-state index in [4.69, 9.17) is 11.6 Å². The molecule has 2 fully saturated rings. The number of hydrogen-bond acceptors (Lipinski definition) is 4. The van der Waals surface area contributed by atoms with Gasteiger partial charge in [-0.15, -0.1) is 0 Å². The molecular weight excluding hydrogens is 455 g/mol. The van der Waals surface area contributed by atoms with Crippen molar-refractivity contribution in [3.8, 4) is 6.07 Å². The lowest BCUT2D eigenvalue weighted by molar-refractivity contribution is 0.143. The normalized spacial score (nSPS) is 22.8. The number of rotatable bonds is 6. The summed E-state index contributed by atoms with van der Waals surface area (Å²) in [5, 5.41) is 21.9. The number of β-amino-alcohol motifs (C(OH)–C–C–N with tert-alkyl or cyclic N) is 1. The van der Waals surface area contributed by atoms with Gasteiger partial charge in [0.2, 0.25) is 0 Å². The minimum absolute atomic E-state index is 0.0319. The maximum absolute atomic E-state index is 13.5. The number of amides is 2. The molecule has 1 saturated carbocycles. The van der Waals surface area contributed by atoms with Gasteiger partial charge in [-0.25, -0.2) is 9.18 Å². The lowest BCUT2D eigenvalue weighted by Gasteiger charge is -2.38. The van der Waals surface area contributed by atoms with Gasteiger partial charge < -0.3 is 15.3 Å². The van der Waals surface area contributed by atoms with Crippen molar-refractivity contribution in [1.82, 2.24) is 9.80 Å². The number of nitrogens with zero attached hydrogens (tertiary/aromatic N) is 3. The summed E-state index contributed by atoms with van der Waals surface area (Å²) < 4.78 is 13.5. The summed E-state index contributed by atoms with van der Waals surface area (Å²) in [7, 11) is 0. The molecule has 0 bridgehead atoms. The van der Waals surface area contributed by atoms with Crippen LogP contribution in [0.5, 0.6) is 0 Å². The van der Waals surface area contributed by atoms with E-state index in [2.05, 4.69) is 22.4 Å². The first-order chi connectivity index (χ1) is 16.4. The third-order valence-corrected chi connectivity index (χ3v) is 7.25. The van der Waals surface area contributed by atoms with Gasteiger partial charge in [-0.05, 0) is 73.9 Å². The largest absolute Gasteiger partial charge is 0.392 e. The second-order valence-corrected chi connectivity index (χ2v) is 9.65. The van der Waals surface area contributed by atoms with E-state index >= 15 is 0 Å². The number of carbonyl (C=O) groups excluding carboxylic acids is 1. The molecule has 1 aliphatic carbocycles. The zero-order valence-corrected chi connectivity index (χ0v) is 19.8. The molecule has 2 aromatic rings. The highest BCUT2D eigenvalue weighted by Crippen LogP contribution is 2.35. The van der Waals surface area contributed by atoms with Crippen LogP contribution in [0.15, 0.2) is 42.5 Å². The van der Waals surface area contributed by atoms with E-state index in [0.29, 0.717) is 36.8 Å². The van der Waals surface area contributed by atoms with Crippen LogP contribution in [0.1, 0.15) is 49.1 Å². The number of likely N-dealkylation sites (tertiary alicyclic amines) is 1. The third-order valence-electron chi connectivity index (χ3n) is 6.96. The van der Waals surface area contributed by atoms with Crippen molar-refractivity contribution >= 4 is 23.3 Å². The third kappa shape index (κ3) is 6.06. The van der Waals surface area contributed by atoms with Crippen LogP contribution >= 0.6 is 11.6 Å². The summed E-state index contributed by atoms with van der Waals surface area (Å²) in [4.78, 5) is 17.3. The number of aliphatic hydroxyl groups is 1. The van der Waals surface area contributed by atoms with E-state index < -0.39 is 5.82 Å². The average Bonchev–Trinajstić information content (AvgIpc) is 3.27. The molecule has 0 spiro atoms. The van der Waals surface area contributed by atoms with Crippen molar-refractivity contribution < 1.29 is 14.3 Å². The molecule has 2 N–H and O–H groups in total. The van der Waals surface area contributed by atoms with E-state index in [1.165, 1.54) is 23.8 Å². The smallest absolute Gasteiger partial charge is 0.322 e. The van der Waals surface area contributed by atoms with Crippen molar-refractivity contribution in [1.29, 1.82) is 5.26 Å². The fourth-order valence-corrected chi connectivity index (χ4v) is 5.25. The van der Waals surface area contributed by atoms with E-state index in [-0.39, 0.29) is 23.2 Å². The number of urea groups is 1. The number of carbonyl (C=O) groups is 1. The Morgan fingerprint density at radius 1 is 1.21 bits per heavy atom. The molecule has 4 rings (SSSR count). The van der Waals surface area contributed by atoms with Crippen molar-refractivity contribution in [2.24, 2.45) is 0 Å². The van der Waals surface area contributed by atoms with Gasteiger partial charge in [0.15, 0.2) is 0 Å². The standard InChI is InChI=1S/C26H30ClFN4O2/c27-24-15-21(6-9-25(24)28)30-26(34)32(13-12-31-11-10-23(33)17-31)22-7-4-19(5-8-22)20-3-1-2-18(14-20)16-29/h1-3,6,9,14-15,19,22-23,33H,4-5,7-8,10-13,17H2,(H,30,34)/t19-,22-,23-/m0/s1. The number of nitriles is 1. The van der Waals surface area contributed by atoms with Crippen molar-refractivity contribution in [2.45, 2.75) is 50.2 Å². The van der Waals surface area contributed by atoms with Crippen molar-refractivity contribution in [2.75, 3.05) is 31.5 Å². The molecule has 1 saturated heterocycles. The SMILES string of the molecule is N#Cc1cccc([C@H]2CC[C@H](N(CCN3CC[C@H](O)C3)C(=O)Nc3ccc(F)c(Cl)c3)CC2)c1. The Kier molecular flexibility index (Phi) is 8.04. The second kappa shape index (κ2) is 11.2. The number of halogens is 2. The van der Waals surface area contributed by atoms with Gasteiger partial charge in [-0.2, -0.15) is 5.26 Å². The van der Waals surface area contributed by atoms with Crippen molar-refractivity contribution in [3.63, 3.8) is 0 Å². The monoisotopic (exact) mass is 484 g/mol. The molecule has 1 aliphatic heterocycles. The summed E-state index contributed by atoms with van der Waals surface area (Å²) >= 11 is 5.89. The summed E-state index contributed by atoms with van der Waals surface area (Å²) in [5.41, 5.74) is 2.31. The first-order valence-corrected chi connectivity index (χ1v) is 12.2. The number of anilines is 1. The molecule has 180 valence electrons. The Bertz CT molecular complexity index is 1050. The Hall–Kier alpha value is -2.66. The van der Waals surface area contributed by atoms with E-state index in [1.807, 2.05) is 23.1 Å². The highest BCUT2D eigenvalue weighted by atomic mass is 35.5. The molecule has 1 heterocycles. The van der Waals surface area contributed by atoms with Gasteiger partial charge in [0, 0.05) is 37.9 Å². The fraction of sp³-hybridized carbons (Fsp3) is 0.462. The van der Waals surface area contributed by atoms with Crippen LogP contribution in [0.4, 0.5) is 14.9 Å². The van der Waals surface area contributed by atoms with Gasteiger partial charge in [-0.1, -0.05) is 23.7 Å². The van der Waals surface area contributed by atoms with Crippen LogP contribution in [0.25, 0.3) is 0 Å². The van der Waals surface area contributed by atoms with Gasteiger partial charge in [0.25, 0.3) is 0 Å². The average molecular weight is 485 g/mol. The van der Waals surface area contributed by atoms with Gasteiger partial charge in [0.05, 0.1) is 22.8 Å². The summed E-state index contributed by atoms with van der Waals surface area (Å²) in [6, 6.07) is 14.0. The minimum atomic E-state index is -0.525. The molecular formula is C26H30ClFN4O2. The van der Waals surface area contributed by atoms with Gasteiger partial charge >= 0.3 is 6.03 Å². The molecule has 2 aliphatic rings. The molecule has 8 heteroatoms. The Labute approximate surface area is 204 Å². The highest BCUT2D eigenvalue weighted by Gasteiger charge is 2.31. The summed E-state index contributed by atoms with van der Waals surface area (Å²) in [6.45, 7) is 2.70. The first kappa shape index (κ1) is 24.5. The van der Waals surface area contributed by atoms with E-state index in [0.717, 1.165) is 38.6 Å². The lowest BCUT2D eigenvalue weighted by atomic mass is 9.81. The van der Waals surface area contributed by atoms with Gasteiger partial charge in [0.1, 0.15) is 5.82 Å². The maximum Gasteiger partial charge on any atom is 0.322 e. The van der Waals surface area contributed by atoms with Gasteiger partial charge in [-0.3, -0.25) is 4.90 Å². The number of aliphatic hydroxyl groups excluding tert-OH is 1. The maximum atomic E-state index is 13.5. The van der Waals surface area contributed by atoms with Crippen LogP contribution < -0.4 is 5.32 Å². The lowest BCUT2D eigenvalue weighted by Crippen LogP contribution is -2.47. The van der Waals surface area contributed by atoms with E-state index in [1.54, 1.807) is 0 Å². The molecule has 0 unspecified atom stereocenters. The van der Waals surface area contributed by atoms with Crippen LogP contribution in [0.3, 0.4) is 0 Å². The van der Waals surface area contributed by atoms with E-state index in [9.17, 15) is 19.6 Å². The Morgan fingerprint density at radius 3 is 2.68 bits per heavy atom. The molecule has 0 radical (unpaired) electrons. The summed E-state index contributed by atoms with van der Waals surface area (Å²) in [5.74, 6) is -0.151. The van der Waals surface area contributed by atoms with Crippen LogP contribution in [0, 0.1) is 17.1 Å². The number of nitrogens with one attached hydrogen (secondary N) is 1. The first-order valence-electron chi connectivity index (χ1n) is 11.9. The Morgan fingerprint density at radius 2 is 2.00 bits per heavy atom. The van der Waals surface area contributed by atoms with Crippen molar-refractivity contribution in [3.05, 3.63) is 64.4 Å². The minimum Gasteiger partial charge on any atom is -0.392 e. The van der Waals surface area contributed by atoms with Crippen LogP contribution in [-0.4, -0.2) is 59.3 Å². The molecule has 2 aromatic carbocycles. The Balaban J connectivity index is 1.43. The molecule has 6 nitrogen and oxygen atoms in total. The molecule has 2 amide bonds. The number of benzene rings is 2. The molecule has 34 heavy (non-hydrogen) atoms. The van der Waals surface area contributed by atoms with Crippen LogP contribution in [-0.2, 0) is 0 Å². The predicted molar refractivity (Wildman–Crippen MR) is 130 cm³/mol. The zero-order chi connectivity index (χ0) is 24.1. The zero-order valence-electron chi connectivity index (χ0n) is 19.1. The summed E-state index contributed by atoms with van der Waals surface area (Å²) in [6.07, 6.45) is 4.06. The number of hydrogen-bond donors (Lipinski definition) is 2.